The minimum Gasteiger partial charge on any atom is -0.353 e. The average Bonchev–Trinajstić information content (AvgIpc) is 3.59. The van der Waals surface area contributed by atoms with E-state index in [1.807, 2.05) is 25.1 Å². The van der Waals surface area contributed by atoms with Gasteiger partial charge in [0, 0.05) is 41.1 Å². The first-order chi connectivity index (χ1) is 13.5. The predicted molar refractivity (Wildman–Crippen MR) is 111 cm³/mol. The molecule has 2 fully saturated rings. The van der Waals surface area contributed by atoms with Gasteiger partial charge < -0.3 is 15.5 Å². The van der Waals surface area contributed by atoms with E-state index in [1.54, 1.807) is 10.3 Å². The zero-order chi connectivity index (χ0) is 19.7. The summed E-state index contributed by atoms with van der Waals surface area (Å²) in [6, 6.07) is 6.20. The molecule has 2 saturated carbocycles. The van der Waals surface area contributed by atoms with Gasteiger partial charge in [-0.3, -0.25) is 9.59 Å². The second kappa shape index (κ2) is 8.09. The molecule has 148 valence electrons. The normalized spacial score (nSPS) is 15.9. The molecule has 28 heavy (non-hydrogen) atoms. The molecule has 1 aromatic carbocycles. The van der Waals surface area contributed by atoms with Crippen LogP contribution in [0.15, 0.2) is 23.6 Å². The van der Waals surface area contributed by atoms with Gasteiger partial charge in [-0.2, -0.15) is 0 Å². The maximum atomic E-state index is 12.9. The fraction of sp³-hybridized carbons (Fsp3) is 0.450. The topological polar surface area (TPSA) is 74.3 Å². The van der Waals surface area contributed by atoms with Crippen molar-refractivity contribution >= 4 is 45.6 Å². The number of halogens is 1. The SMILES string of the molecule is Cc1ccc(Cl)cc1Nc1nc(C(=O)N(CCC(=O)NC2CC2)C2CC2)cs1. The van der Waals surface area contributed by atoms with Gasteiger partial charge in [-0.1, -0.05) is 17.7 Å². The third-order valence-electron chi connectivity index (χ3n) is 4.94. The minimum absolute atomic E-state index is 0.0259. The van der Waals surface area contributed by atoms with Crippen LogP contribution in [0.25, 0.3) is 0 Å². The van der Waals surface area contributed by atoms with Gasteiger partial charge in [0.15, 0.2) is 5.13 Å². The molecule has 0 aliphatic heterocycles. The van der Waals surface area contributed by atoms with E-state index < -0.39 is 0 Å². The molecular weight excluding hydrogens is 396 g/mol. The maximum Gasteiger partial charge on any atom is 0.273 e. The van der Waals surface area contributed by atoms with E-state index in [-0.39, 0.29) is 17.9 Å². The molecule has 4 rings (SSSR count). The number of carbonyl (C=O) groups excluding carboxylic acids is 2. The first kappa shape index (κ1) is 19.2. The lowest BCUT2D eigenvalue weighted by Gasteiger charge is -2.21. The van der Waals surface area contributed by atoms with E-state index >= 15 is 0 Å². The number of thiazole rings is 1. The summed E-state index contributed by atoms with van der Waals surface area (Å²) < 4.78 is 0. The third-order valence-corrected chi connectivity index (χ3v) is 5.93. The summed E-state index contributed by atoms with van der Waals surface area (Å²) in [7, 11) is 0. The van der Waals surface area contributed by atoms with Crippen LogP contribution < -0.4 is 10.6 Å². The van der Waals surface area contributed by atoms with Crippen molar-refractivity contribution in [1.82, 2.24) is 15.2 Å². The maximum absolute atomic E-state index is 12.9. The molecule has 0 spiro atoms. The Hall–Kier alpha value is -2.12. The van der Waals surface area contributed by atoms with Crippen LogP contribution in [-0.2, 0) is 4.79 Å². The lowest BCUT2D eigenvalue weighted by Crippen LogP contribution is -2.37. The summed E-state index contributed by atoms with van der Waals surface area (Å²) in [6.07, 6.45) is 4.46. The van der Waals surface area contributed by atoms with Crippen molar-refractivity contribution in [2.45, 2.75) is 51.1 Å². The summed E-state index contributed by atoms with van der Waals surface area (Å²) in [5.41, 5.74) is 2.34. The van der Waals surface area contributed by atoms with Gasteiger partial charge in [0.05, 0.1) is 0 Å². The fourth-order valence-electron chi connectivity index (χ4n) is 3.01. The van der Waals surface area contributed by atoms with Crippen LogP contribution in [0.3, 0.4) is 0 Å². The quantitative estimate of drug-likeness (QED) is 0.676. The second-order valence-electron chi connectivity index (χ2n) is 7.44. The van der Waals surface area contributed by atoms with E-state index in [4.69, 9.17) is 11.6 Å². The predicted octanol–water partition coefficient (Wildman–Crippen LogP) is 4.12. The zero-order valence-corrected chi connectivity index (χ0v) is 17.3. The number of carbonyl (C=O) groups is 2. The number of rotatable bonds is 8. The number of nitrogens with zero attached hydrogens (tertiary/aromatic N) is 2. The molecule has 2 amide bonds. The van der Waals surface area contributed by atoms with Gasteiger partial charge in [-0.15, -0.1) is 11.3 Å². The van der Waals surface area contributed by atoms with Crippen LogP contribution >= 0.6 is 22.9 Å². The summed E-state index contributed by atoms with van der Waals surface area (Å²) in [5.74, 6) is -0.0770. The summed E-state index contributed by atoms with van der Waals surface area (Å²) in [5, 5.41) is 9.28. The highest BCUT2D eigenvalue weighted by Crippen LogP contribution is 2.30. The second-order valence-corrected chi connectivity index (χ2v) is 8.74. The van der Waals surface area contributed by atoms with Gasteiger partial charge in [0.2, 0.25) is 5.91 Å². The number of aromatic nitrogens is 1. The highest BCUT2D eigenvalue weighted by atomic mass is 35.5. The third kappa shape index (κ3) is 4.83. The molecule has 2 aromatic rings. The minimum atomic E-state index is -0.103. The number of nitrogens with one attached hydrogen (secondary N) is 2. The molecule has 2 aliphatic rings. The molecule has 0 unspecified atom stereocenters. The van der Waals surface area contributed by atoms with Gasteiger partial charge in [-0.25, -0.2) is 4.98 Å². The highest BCUT2D eigenvalue weighted by molar-refractivity contribution is 7.14. The smallest absolute Gasteiger partial charge is 0.273 e. The van der Waals surface area contributed by atoms with Gasteiger partial charge >= 0.3 is 0 Å². The largest absolute Gasteiger partial charge is 0.353 e. The Morgan fingerprint density at radius 3 is 2.79 bits per heavy atom. The standard InChI is InChI=1S/C20H23ClN4O2S/c1-12-2-3-13(21)10-16(12)23-20-24-17(11-28-20)19(27)25(15-6-7-15)9-8-18(26)22-14-4-5-14/h2-3,10-11,14-15H,4-9H2,1H3,(H,22,26)(H,23,24). The molecule has 0 bridgehead atoms. The van der Waals surface area contributed by atoms with E-state index in [9.17, 15) is 9.59 Å². The van der Waals surface area contributed by atoms with Gasteiger partial charge in [0.25, 0.3) is 5.91 Å². The number of amides is 2. The molecule has 2 N–H and O–H groups in total. The number of hydrogen-bond acceptors (Lipinski definition) is 5. The van der Waals surface area contributed by atoms with E-state index in [2.05, 4.69) is 15.6 Å². The monoisotopic (exact) mass is 418 g/mol. The summed E-state index contributed by atoms with van der Waals surface area (Å²) >= 11 is 7.45. The van der Waals surface area contributed by atoms with Crippen LogP contribution in [0.4, 0.5) is 10.8 Å². The van der Waals surface area contributed by atoms with Crippen molar-refractivity contribution in [3.8, 4) is 0 Å². The molecule has 0 saturated heterocycles. The Morgan fingerprint density at radius 1 is 1.29 bits per heavy atom. The first-order valence-electron chi connectivity index (χ1n) is 9.58. The molecule has 0 radical (unpaired) electrons. The van der Waals surface area contributed by atoms with Crippen molar-refractivity contribution in [1.29, 1.82) is 0 Å². The summed E-state index contributed by atoms with van der Waals surface area (Å²) in [4.78, 5) is 31.2. The fourth-order valence-corrected chi connectivity index (χ4v) is 3.88. The van der Waals surface area contributed by atoms with Gasteiger partial charge in [-0.05, 0) is 50.3 Å². The van der Waals surface area contributed by atoms with Crippen LogP contribution in [0.1, 0.15) is 48.2 Å². The molecule has 1 heterocycles. The number of aryl methyl sites for hydroxylation is 1. The van der Waals surface area contributed by atoms with Crippen molar-refractivity contribution in [3.05, 3.63) is 39.9 Å². The van der Waals surface area contributed by atoms with Crippen molar-refractivity contribution in [3.63, 3.8) is 0 Å². The van der Waals surface area contributed by atoms with E-state index in [0.29, 0.717) is 34.9 Å². The lowest BCUT2D eigenvalue weighted by molar-refractivity contribution is -0.121. The molecule has 2 aliphatic carbocycles. The van der Waals surface area contributed by atoms with Crippen molar-refractivity contribution in [2.24, 2.45) is 0 Å². The molecule has 0 atom stereocenters. The Balaban J connectivity index is 1.40. The van der Waals surface area contributed by atoms with Crippen LogP contribution in [0.2, 0.25) is 5.02 Å². The number of benzene rings is 1. The molecular formula is C20H23ClN4O2S. The zero-order valence-electron chi connectivity index (χ0n) is 15.7. The number of hydrogen-bond donors (Lipinski definition) is 2. The Labute approximate surface area is 173 Å². The van der Waals surface area contributed by atoms with Crippen LogP contribution in [-0.4, -0.2) is 40.3 Å². The van der Waals surface area contributed by atoms with Crippen molar-refractivity contribution in [2.75, 3.05) is 11.9 Å². The molecule has 1 aromatic heterocycles. The van der Waals surface area contributed by atoms with Gasteiger partial charge in [0.1, 0.15) is 5.69 Å². The Kier molecular flexibility index (Phi) is 5.55. The van der Waals surface area contributed by atoms with Crippen LogP contribution in [0.5, 0.6) is 0 Å². The molecule has 8 heteroatoms. The average molecular weight is 419 g/mol. The highest BCUT2D eigenvalue weighted by Gasteiger charge is 2.34. The molecule has 6 nitrogen and oxygen atoms in total. The van der Waals surface area contributed by atoms with Crippen molar-refractivity contribution < 1.29 is 9.59 Å². The van der Waals surface area contributed by atoms with E-state index in [1.165, 1.54) is 11.3 Å². The Morgan fingerprint density at radius 2 is 2.07 bits per heavy atom. The Bertz CT molecular complexity index is 892. The first-order valence-corrected chi connectivity index (χ1v) is 10.8. The lowest BCUT2D eigenvalue weighted by atomic mass is 10.2. The van der Waals surface area contributed by atoms with E-state index in [0.717, 1.165) is 36.9 Å². The van der Waals surface area contributed by atoms with Crippen LogP contribution in [0, 0.1) is 6.92 Å². The summed E-state index contributed by atoms with van der Waals surface area (Å²) in [6.45, 7) is 2.43. The number of anilines is 2.